The van der Waals surface area contributed by atoms with Crippen molar-refractivity contribution in [3.8, 4) is 5.75 Å². The molecule has 110 valence electrons. The van der Waals surface area contributed by atoms with E-state index in [4.69, 9.17) is 4.74 Å². The molecule has 0 N–H and O–H groups in total. The molecule has 0 aliphatic carbocycles. The topological polar surface area (TPSA) is 29.5 Å². The van der Waals surface area contributed by atoms with Crippen molar-refractivity contribution >= 4 is 11.5 Å². The van der Waals surface area contributed by atoms with E-state index in [0.29, 0.717) is 6.54 Å². The van der Waals surface area contributed by atoms with Gasteiger partial charge in [0.1, 0.15) is 5.75 Å². The molecule has 3 heteroatoms. The molecule has 0 aliphatic rings. The van der Waals surface area contributed by atoms with E-state index in [2.05, 4.69) is 11.8 Å². The maximum absolute atomic E-state index is 12.4. The lowest BCUT2D eigenvalue weighted by Gasteiger charge is -2.24. The summed E-state index contributed by atoms with van der Waals surface area (Å²) < 4.78 is 5.26. The first kappa shape index (κ1) is 15.1. The molecule has 2 aromatic rings. The number of rotatable bonds is 7. The van der Waals surface area contributed by atoms with Gasteiger partial charge in [0, 0.05) is 23.9 Å². The van der Waals surface area contributed by atoms with Crippen molar-refractivity contribution in [1.29, 1.82) is 0 Å². The number of Topliss-reactive ketones (excluding diaryl/α,β-unsaturated/α-hetero) is 1. The number of anilines is 1. The van der Waals surface area contributed by atoms with Crippen molar-refractivity contribution < 1.29 is 9.53 Å². The number of ketones is 1. The minimum atomic E-state index is 0.131. The number of ether oxygens (including phenoxy) is 1. The van der Waals surface area contributed by atoms with Gasteiger partial charge in [-0.3, -0.25) is 4.79 Å². The van der Waals surface area contributed by atoms with Crippen molar-refractivity contribution in [2.24, 2.45) is 0 Å². The molecule has 0 heterocycles. The quantitative estimate of drug-likeness (QED) is 0.724. The molecular formula is C18H21NO2. The molecule has 2 rings (SSSR count). The Morgan fingerprint density at radius 2 is 1.86 bits per heavy atom. The van der Waals surface area contributed by atoms with E-state index < -0.39 is 0 Å². The zero-order valence-electron chi connectivity index (χ0n) is 12.6. The largest absolute Gasteiger partial charge is 0.497 e. The summed E-state index contributed by atoms with van der Waals surface area (Å²) in [5, 5.41) is 0. The number of benzene rings is 2. The second-order valence-corrected chi connectivity index (χ2v) is 4.91. The van der Waals surface area contributed by atoms with Gasteiger partial charge in [-0.1, -0.05) is 43.3 Å². The Kier molecular flexibility index (Phi) is 5.38. The maximum atomic E-state index is 12.4. The Morgan fingerprint density at radius 1 is 1.10 bits per heavy atom. The fraction of sp³-hybridized carbons (Fsp3) is 0.278. The highest BCUT2D eigenvalue weighted by Crippen LogP contribution is 2.21. The Morgan fingerprint density at radius 3 is 2.52 bits per heavy atom. The van der Waals surface area contributed by atoms with Crippen molar-refractivity contribution in [1.82, 2.24) is 0 Å². The summed E-state index contributed by atoms with van der Waals surface area (Å²) in [5.41, 5.74) is 1.77. The molecule has 0 radical (unpaired) electrons. The van der Waals surface area contributed by atoms with E-state index in [1.165, 1.54) is 0 Å². The van der Waals surface area contributed by atoms with Gasteiger partial charge in [0.25, 0.3) is 0 Å². The minimum absolute atomic E-state index is 0.131. The number of carbonyl (C=O) groups is 1. The Bertz CT molecular complexity index is 581. The monoisotopic (exact) mass is 283 g/mol. The minimum Gasteiger partial charge on any atom is -0.497 e. The Hall–Kier alpha value is -2.29. The Labute approximate surface area is 126 Å². The number of hydrogen-bond acceptors (Lipinski definition) is 3. The van der Waals surface area contributed by atoms with E-state index in [1.807, 2.05) is 54.6 Å². The third-order valence-electron chi connectivity index (χ3n) is 3.34. The second kappa shape index (κ2) is 7.48. The van der Waals surface area contributed by atoms with Crippen LogP contribution in [0.2, 0.25) is 0 Å². The molecule has 3 nitrogen and oxygen atoms in total. The lowest BCUT2D eigenvalue weighted by molar-refractivity contribution is 0.0999. The van der Waals surface area contributed by atoms with E-state index in [1.54, 1.807) is 7.11 Å². The fourth-order valence-electron chi connectivity index (χ4n) is 2.27. The van der Waals surface area contributed by atoms with Crippen LogP contribution in [-0.4, -0.2) is 26.0 Å². The van der Waals surface area contributed by atoms with Crippen LogP contribution >= 0.6 is 0 Å². The molecule has 0 saturated heterocycles. The van der Waals surface area contributed by atoms with E-state index in [0.717, 1.165) is 30.0 Å². The summed E-state index contributed by atoms with van der Waals surface area (Å²) in [5.74, 6) is 0.938. The molecule has 0 spiro atoms. The normalized spacial score (nSPS) is 10.2. The van der Waals surface area contributed by atoms with Crippen LogP contribution in [0.1, 0.15) is 23.7 Å². The number of methoxy groups -OCH3 is 1. The summed E-state index contributed by atoms with van der Waals surface area (Å²) in [6.07, 6.45) is 0.985. The van der Waals surface area contributed by atoms with Crippen LogP contribution in [0.15, 0.2) is 54.6 Å². The lowest BCUT2D eigenvalue weighted by Crippen LogP contribution is -2.30. The molecule has 0 aliphatic heterocycles. The Balaban J connectivity index is 2.17. The summed E-state index contributed by atoms with van der Waals surface area (Å²) in [7, 11) is 1.65. The van der Waals surface area contributed by atoms with Gasteiger partial charge in [-0.25, -0.2) is 0 Å². The molecule has 0 fully saturated rings. The highest BCUT2D eigenvalue weighted by Gasteiger charge is 2.13. The number of hydrogen-bond donors (Lipinski definition) is 0. The van der Waals surface area contributed by atoms with Crippen LogP contribution < -0.4 is 9.64 Å². The van der Waals surface area contributed by atoms with Crippen LogP contribution in [0.4, 0.5) is 5.69 Å². The molecule has 2 aromatic carbocycles. The molecule has 0 unspecified atom stereocenters. The number of carbonyl (C=O) groups excluding carboxylic acids is 1. The average molecular weight is 283 g/mol. The van der Waals surface area contributed by atoms with Crippen LogP contribution in [-0.2, 0) is 0 Å². The highest BCUT2D eigenvalue weighted by atomic mass is 16.5. The molecular weight excluding hydrogens is 262 g/mol. The lowest BCUT2D eigenvalue weighted by atomic mass is 10.1. The van der Waals surface area contributed by atoms with Crippen molar-refractivity contribution in [3.05, 3.63) is 60.2 Å². The van der Waals surface area contributed by atoms with Gasteiger partial charge >= 0.3 is 0 Å². The fourth-order valence-corrected chi connectivity index (χ4v) is 2.27. The zero-order chi connectivity index (χ0) is 15.1. The van der Waals surface area contributed by atoms with E-state index >= 15 is 0 Å². The van der Waals surface area contributed by atoms with Gasteiger partial charge in [-0.15, -0.1) is 0 Å². The second-order valence-electron chi connectivity index (χ2n) is 4.91. The van der Waals surface area contributed by atoms with Crippen LogP contribution in [0, 0.1) is 0 Å². The first-order chi connectivity index (χ1) is 10.2. The predicted molar refractivity (Wildman–Crippen MR) is 86.3 cm³/mol. The molecule has 0 saturated carbocycles. The van der Waals surface area contributed by atoms with Crippen LogP contribution in [0.25, 0.3) is 0 Å². The molecule has 21 heavy (non-hydrogen) atoms. The van der Waals surface area contributed by atoms with Gasteiger partial charge in [0.2, 0.25) is 0 Å². The first-order valence-corrected chi connectivity index (χ1v) is 7.22. The van der Waals surface area contributed by atoms with E-state index in [9.17, 15) is 4.79 Å². The van der Waals surface area contributed by atoms with Crippen molar-refractivity contribution in [2.75, 3.05) is 25.1 Å². The molecule has 0 atom stereocenters. The van der Waals surface area contributed by atoms with Gasteiger partial charge in [-0.05, 0) is 18.6 Å². The van der Waals surface area contributed by atoms with Crippen molar-refractivity contribution in [2.45, 2.75) is 13.3 Å². The SMILES string of the molecule is CCCN(CC(=O)c1ccccc1)c1cccc(OC)c1. The maximum Gasteiger partial charge on any atom is 0.182 e. The smallest absolute Gasteiger partial charge is 0.182 e. The van der Waals surface area contributed by atoms with Gasteiger partial charge in [0.05, 0.1) is 13.7 Å². The summed E-state index contributed by atoms with van der Waals surface area (Å²) in [6, 6.07) is 17.3. The van der Waals surface area contributed by atoms with E-state index in [-0.39, 0.29) is 5.78 Å². The molecule has 0 amide bonds. The van der Waals surface area contributed by atoms with Gasteiger partial charge in [0.15, 0.2) is 5.78 Å². The molecule has 0 aromatic heterocycles. The summed E-state index contributed by atoms with van der Waals surface area (Å²) in [4.78, 5) is 14.5. The number of nitrogens with zero attached hydrogens (tertiary/aromatic N) is 1. The standard InChI is InChI=1S/C18H21NO2/c1-3-12-19(16-10-7-11-17(13-16)21-2)14-18(20)15-8-5-4-6-9-15/h4-11,13H,3,12,14H2,1-2H3. The molecule has 0 bridgehead atoms. The average Bonchev–Trinajstić information content (AvgIpc) is 2.55. The van der Waals surface area contributed by atoms with Crippen molar-refractivity contribution in [3.63, 3.8) is 0 Å². The van der Waals surface area contributed by atoms with Crippen LogP contribution in [0.3, 0.4) is 0 Å². The predicted octanol–water partition coefficient (Wildman–Crippen LogP) is 3.79. The third-order valence-corrected chi connectivity index (χ3v) is 3.34. The summed E-state index contributed by atoms with van der Waals surface area (Å²) >= 11 is 0. The summed E-state index contributed by atoms with van der Waals surface area (Å²) in [6.45, 7) is 3.33. The first-order valence-electron chi connectivity index (χ1n) is 7.22. The van der Waals surface area contributed by atoms with Gasteiger partial charge < -0.3 is 9.64 Å². The van der Waals surface area contributed by atoms with Crippen LogP contribution in [0.5, 0.6) is 5.75 Å². The zero-order valence-corrected chi connectivity index (χ0v) is 12.6. The van der Waals surface area contributed by atoms with Gasteiger partial charge in [-0.2, -0.15) is 0 Å². The third kappa shape index (κ3) is 4.09. The highest BCUT2D eigenvalue weighted by molar-refractivity contribution is 5.99.